The van der Waals surface area contributed by atoms with Crippen LogP contribution in [-0.4, -0.2) is 23.5 Å². The first kappa shape index (κ1) is 22.7. The Morgan fingerprint density at radius 3 is 2.59 bits per heavy atom. The van der Waals surface area contributed by atoms with Crippen LogP contribution in [0.2, 0.25) is 0 Å². The summed E-state index contributed by atoms with van der Waals surface area (Å²) in [5.41, 5.74) is 9.33. The lowest BCUT2D eigenvalue weighted by Gasteiger charge is -2.31. The summed E-state index contributed by atoms with van der Waals surface area (Å²) in [5.74, 6) is 0.294. The molecule has 2 aliphatic rings. The summed E-state index contributed by atoms with van der Waals surface area (Å²) in [5, 5.41) is 6.11. The molecule has 34 heavy (non-hydrogen) atoms. The fourth-order valence-electron chi connectivity index (χ4n) is 4.98. The lowest BCUT2D eigenvalue weighted by atomic mass is 9.79. The van der Waals surface area contributed by atoms with E-state index in [1.807, 2.05) is 30.3 Å². The molecular formula is C28H31FN4O. The van der Waals surface area contributed by atoms with Gasteiger partial charge in [0.1, 0.15) is 5.82 Å². The van der Waals surface area contributed by atoms with Crippen LogP contribution < -0.4 is 16.4 Å². The molecule has 1 unspecified atom stereocenters. The van der Waals surface area contributed by atoms with Crippen molar-refractivity contribution in [2.24, 2.45) is 11.7 Å². The predicted molar refractivity (Wildman–Crippen MR) is 132 cm³/mol. The maximum Gasteiger partial charge on any atom is 0.241 e. The minimum atomic E-state index is -0.775. The van der Waals surface area contributed by atoms with Gasteiger partial charge in [0.05, 0.1) is 17.3 Å². The first-order valence-electron chi connectivity index (χ1n) is 12.1. The van der Waals surface area contributed by atoms with Gasteiger partial charge < -0.3 is 16.4 Å². The Balaban J connectivity index is 1.35. The number of carbonyl (C=O) groups excluding carboxylic acids is 1. The highest BCUT2D eigenvalue weighted by Crippen LogP contribution is 2.40. The van der Waals surface area contributed by atoms with Crippen molar-refractivity contribution < 1.29 is 9.18 Å². The molecule has 0 bridgehead atoms. The molecule has 5 nitrogen and oxygen atoms in total. The van der Waals surface area contributed by atoms with Crippen LogP contribution in [0.4, 0.5) is 10.1 Å². The largest absolute Gasteiger partial charge is 0.322 e. The summed E-state index contributed by atoms with van der Waals surface area (Å²) >= 11 is 0. The lowest BCUT2D eigenvalue weighted by Crippen LogP contribution is -2.39. The summed E-state index contributed by atoms with van der Waals surface area (Å²) in [6, 6.07) is 18.5. The van der Waals surface area contributed by atoms with E-state index < -0.39 is 11.4 Å². The molecule has 0 spiro atoms. The van der Waals surface area contributed by atoms with Crippen molar-refractivity contribution in [3.8, 4) is 0 Å². The van der Waals surface area contributed by atoms with E-state index in [9.17, 15) is 9.18 Å². The van der Waals surface area contributed by atoms with Gasteiger partial charge in [-0.15, -0.1) is 0 Å². The van der Waals surface area contributed by atoms with Crippen molar-refractivity contribution in [3.63, 3.8) is 0 Å². The highest BCUT2D eigenvalue weighted by molar-refractivity contribution is 5.95. The average molecular weight is 459 g/mol. The van der Waals surface area contributed by atoms with Crippen LogP contribution >= 0.6 is 0 Å². The number of amides is 1. The molecule has 1 amide bonds. The quantitative estimate of drug-likeness (QED) is 0.457. The first-order chi connectivity index (χ1) is 16.5. The van der Waals surface area contributed by atoms with E-state index in [2.05, 4.69) is 27.8 Å². The molecule has 5 rings (SSSR count). The Morgan fingerprint density at radius 1 is 1.09 bits per heavy atom. The molecule has 0 radical (unpaired) electrons. The van der Waals surface area contributed by atoms with Crippen LogP contribution in [0.25, 0.3) is 0 Å². The van der Waals surface area contributed by atoms with Crippen LogP contribution in [0, 0.1) is 11.7 Å². The van der Waals surface area contributed by atoms with Gasteiger partial charge in [0, 0.05) is 18.9 Å². The number of hydrogen-bond donors (Lipinski definition) is 3. The van der Waals surface area contributed by atoms with Crippen LogP contribution in [0.15, 0.2) is 73.1 Å². The number of benzene rings is 2. The third-order valence-electron chi connectivity index (χ3n) is 7.30. The van der Waals surface area contributed by atoms with Crippen molar-refractivity contribution in [2.75, 3.05) is 11.9 Å². The second kappa shape index (κ2) is 9.65. The Labute approximate surface area is 200 Å². The Morgan fingerprint density at radius 2 is 1.85 bits per heavy atom. The number of nitrogens with zero attached hydrogens (tertiary/aromatic N) is 1. The standard InChI is InChI=1S/C28H31FN4O/c29-24-9-8-23(28(30,13-10-19-6-7-19)22-11-14-31-15-12-22)17-25(24)33-27(34)26-16-21(18-32-26)20-4-2-1-3-5-20/h1-5,8-9,11-12,14-15,17,19,21,26,32H,6-7,10,13,16,18,30H2,(H,33,34)/t21-,26+,28?/m0/s1. The zero-order chi connectivity index (χ0) is 23.5. The first-order valence-corrected chi connectivity index (χ1v) is 12.1. The SMILES string of the molecule is NC(CCC1CC1)(c1ccncc1)c1ccc(F)c(NC(=O)[C@H]2C[C@H](c3ccccc3)CN2)c1. The maximum absolute atomic E-state index is 14.8. The van der Waals surface area contributed by atoms with Crippen molar-refractivity contribution >= 4 is 11.6 Å². The van der Waals surface area contributed by atoms with Gasteiger partial charge in [0.25, 0.3) is 0 Å². The van der Waals surface area contributed by atoms with Gasteiger partial charge in [-0.25, -0.2) is 4.39 Å². The molecule has 6 heteroatoms. The number of rotatable bonds is 8. The van der Waals surface area contributed by atoms with Gasteiger partial charge in [-0.05, 0) is 72.1 Å². The average Bonchev–Trinajstić information content (AvgIpc) is 3.58. The fourth-order valence-corrected chi connectivity index (χ4v) is 4.98. The van der Waals surface area contributed by atoms with E-state index in [0.717, 1.165) is 36.4 Å². The van der Waals surface area contributed by atoms with Crippen LogP contribution in [0.1, 0.15) is 54.7 Å². The monoisotopic (exact) mass is 458 g/mol. The number of hydrogen-bond acceptors (Lipinski definition) is 4. The molecule has 2 fully saturated rings. The van der Waals surface area contributed by atoms with E-state index in [1.54, 1.807) is 24.5 Å². The van der Waals surface area contributed by atoms with E-state index in [-0.39, 0.29) is 23.6 Å². The summed E-state index contributed by atoms with van der Waals surface area (Å²) in [4.78, 5) is 17.1. The highest BCUT2D eigenvalue weighted by atomic mass is 19.1. The lowest BCUT2D eigenvalue weighted by molar-refractivity contribution is -0.117. The molecule has 176 valence electrons. The predicted octanol–water partition coefficient (Wildman–Crippen LogP) is 4.70. The van der Waals surface area contributed by atoms with Crippen molar-refractivity contribution in [2.45, 2.75) is 49.6 Å². The van der Waals surface area contributed by atoms with Gasteiger partial charge in [0.15, 0.2) is 0 Å². The highest BCUT2D eigenvalue weighted by Gasteiger charge is 2.34. The fraction of sp³-hybridized carbons (Fsp3) is 0.357. The molecule has 3 atom stereocenters. The summed E-state index contributed by atoms with van der Waals surface area (Å²) in [7, 11) is 0. The summed E-state index contributed by atoms with van der Waals surface area (Å²) in [6.45, 7) is 0.722. The topological polar surface area (TPSA) is 80.0 Å². The molecular weight excluding hydrogens is 427 g/mol. The van der Waals surface area contributed by atoms with Gasteiger partial charge in [-0.3, -0.25) is 9.78 Å². The van der Waals surface area contributed by atoms with Crippen LogP contribution in [0.5, 0.6) is 0 Å². The van der Waals surface area contributed by atoms with E-state index >= 15 is 0 Å². The zero-order valence-electron chi connectivity index (χ0n) is 19.2. The third kappa shape index (κ3) is 4.88. The van der Waals surface area contributed by atoms with Gasteiger partial charge in [-0.1, -0.05) is 49.2 Å². The van der Waals surface area contributed by atoms with Crippen molar-refractivity contribution in [1.82, 2.24) is 10.3 Å². The van der Waals surface area contributed by atoms with Crippen LogP contribution in [-0.2, 0) is 10.3 Å². The second-order valence-corrected chi connectivity index (χ2v) is 9.68. The molecule has 2 heterocycles. The smallest absolute Gasteiger partial charge is 0.241 e. The van der Waals surface area contributed by atoms with Gasteiger partial charge in [0.2, 0.25) is 5.91 Å². The molecule has 1 saturated heterocycles. The number of halogens is 1. The van der Waals surface area contributed by atoms with Gasteiger partial charge in [-0.2, -0.15) is 0 Å². The third-order valence-corrected chi connectivity index (χ3v) is 7.30. The van der Waals surface area contributed by atoms with Crippen LogP contribution in [0.3, 0.4) is 0 Å². The van der Waals surface area contributed by atoms with Gasteiger partial charge >= 0.3 is 0 Å². The Kier molecular flexibility index (Phi) is 6.44. The minimum Gasteiger partial charge on any atom is -0.322 e. The number of anilines is 1. The van der Waals surface area contributed by atoms with E-state index in [0.29, 0.717) is 6.42 Å². The van der Waals surface area contributed by atoms with Crippen molar-refractivity contribution in [1.29, 1.82) is 0 Å². The molecule has 4 N–H and O–H groups in total. The Bertz CT molecular complexity index is 1140. The summed E-state index contributed by atoms with van der Waals surface area (Å²) < 4.78 is 14.8. The molecule has 1 aromatic heterocycles. The molecule has 2 aromatic carbocycles. The number of aromatic nitrogens is 1. The molecule has 3 aromatic rings. The van der Waals surface area contributed by atoms with E-state index in [1.165, 1.54) is 24.5 Å². The number of nitrogens with two attached hydrogens (primary N) is 1. The Hall–Kier alpha value is -3.09. The second-order valence-electron chi connectivity index (χ2n) is 9.68. The molecule has 1 saturated carbocycles. The zero-order valence-corrected chi connectivity index (χ0v) is 19.2. The maximum atomic E-state index is 14.8. The number of carbonyl (C=O) groups is 1. The number of pyridine rings is 1. The van der Waals surface area contributed by atoms with Crippen molar-refractivity contribution in [3.05, 3.63) is 95.6 Å². The number of nitrogens with one attached hydrogen (secondary N) is 2. The normalized spacial score (nSPS) is 21.7. The van der Waals surface area contributed by atoms with E-state index in [4.69, 9.17) is 5.73 Å². The minimum absolute atomic E-state index is 0.169. The molecule has 1 aliphatic carbocycles. The summed E-state index contributed by atoms with van der Waals surface area (Å²) in [6.07, 6.45) is 8.40. The molecule has 1 aliphatic heterocycles.